The molecule has 0 radical (unpaired) electrons. The summed E-state index contributed by atoms with van der Waals surface area (Å²) >= 11 is 0. The highest BCUT2D eigenvalue weighted by Gasteiger charge is 2.60. The average molecular weight is 543 g/mol. The van der Waals surface area contributed by atoms with Crippen molar-refractivity contribution in [3.63, 3.8) is 0 Å². The number of aliphatic imine (C=N–C) groups is 1. The van der Waals surface area contributed by atoms with Gasteiger partial charge in [0.15, 0.2) is 11.7 Å². The molecule has 0 aromatic heterocycles. The van der Waals surface area contributed by atoms with Crippen LogP contribution in [0.15, 0.2) is 16.6 Å². The third-order valence-electron chi connectivity index (χ3n) is 12.1. The predicted molar refractivity (Wildman–Crippen MR) is 161 cm³/mol. The maximum atomic E-state index is 13.3. The molecule has 3 saturated carbocycles. The van der Waals surface area contributed by atoms with Crippen molar-refractivity contribution in [1.82, 2.24) is 0 Å². The minimum absolute atomic E-state index is 0.0509. The van der Waals surface area contributed by atoms with E-state index >= 15 is 0 Å². The minimum Gasteiger partial charge on any atom is -0.382 e. The molecule has 3 fully saturated rings. The van der Waals surface area contributed by atoms with Crippen molar-refractivity contribution in [2.24, 2.45) is 68.5 Å². The van der Waals surface area contributed by atoms with E-state index in [0.29, 0.717) is 43.6 Å². The lowest BCUT2D eigenvalue weighted by Crippen LogP contribution is -2.56. The Kier molecular flexibility index (Phi) is 9.27. The van der Waals surface area contributed by atoms with Crippen molar-refractivity contribution in [3.8, 4) is 0 Å². The molecule has 6 nitrogen and oxygen atoms in total. The smallest absolute Gasteiger partial charge is 0.185 e. The van der Waals surface area contributed by atoms with Gasteiger partial charge in [0.2, 0.25) is 0 Å². The van der Waals surface area contributed by atoms with E-state index in [1.165, 1.54) is 50.5 Å². The molecule has 7 N–H and O–H groups in total. The van der Waals surface area contributed by atoms with Gasteiger partial charge in [0.05, 0.1) is 6.04 Å². The number of hydrogen-bond donors (Lipinski definition) is 4. The molecule has 0 aliphatic heterocycles. The van der Waals surface area contributed by atoms with E-state index in [0.717, 1.165) is 42.4 Å². The number of allylic oxidation sites excluding steroid dienone is 1. The molecule has 0 amide bonds. The third-order valence-corrected chi connectivity index (χ3v) is 12.1. The number of ketones is 1. The van der Waals surface area contributed by atoms with Crippen LogP contribution in [-0.4, -0.2) is 35.0 Å². The van der Waals surface area contributed by atoms with Crippen LogP contribution in [0, 0.1) is 46.3 Å². The lowest BCUT2D eigenvalue weighted by molar-refractivity contribution is -0.144. The van der Waals surface area contributed by atoms with Crippen LogP contribution < -0.4 is 17.2 Å². The van der Waals surface area contributed by atoms with Gasteiger partial charge in [-0.2, -0.15) is 0 Å². The van der Waals surface area contributed by atoms with Crippen LogP contribution in [0.4, 0.5) is 0 Å². The van der Waals surface area contributed by atoms with Crippen molar-refractivity contribution in [2.75, 3.05) is 6.54 Å². The number of fused-ring (bicyclic) bond motifs is 5. The summed E-state index contributed by atoms with van der Waals surface area (Å²) in [6, 6.07) is -0.682. The van der Waals surface area contributed by atoms with E-state index in [1.807, 2.05) is 0 Å². The lowest BCUT2D eigenvalue weighted by atomic mass is 9.46. The number of Topliss-reactive ketones (excluding diaryl/α,β-unsaturated/α-hetero) is 1. The zero-order valence-corrected chi connectivity index (χ0v) is 25.6. The Labute approximate surface area is 238 Å². The fourth-order valence-corrected chi connectivity index (χ4v) is 9.88. The van der Waals surface area contributed by atoms with Crippen LogP contribution >= 0.6 is 0 Å². The Hall–Kier alpha value is -1.40. The van der Waals surface area contributed by atoms with E-state index in [9.17, 15) is 9.90 Å². The number of carbonyl (C=O) groups excluding carboxylic acids is 1. The minimum atomic E-state index is -1.35. The van der Waals surface area contributed by atoms with E-state index in [1.54, 1.807) is 0 Å². The number of guanidine groups is 1. The number of carbonyl (C=O) groups is 1. The summed E-state index contributed by atoms with van der Waals surface area (Å²) in [6.45, 7) is 12.8. The topological polar surface area (TPSA) is 128 Å². The summed E-state index contributed by atoms with van der Waals surface area (Å²) in [5, 5.41) is 11.6. The quantitative estimate of drug-likeness (QED) is 0.115. The molecule has 1 unspecified atom stereocenters. The number of nitrogens with zero attached hydrogens (tertiary/aromatic N) is 1. The maximum absolute atomic E-state index is 13.3. The van der Waals surface area contributed by atoms with Gasteiger partial charge in [-0.15, -0.1) is 0 Å². The molecule has 0 bridgehead atoms. The number of nitrogens with two attached hydrogens (primary N) is 3. The molecule has 0 spiro atoms. The molecule has 0 aromatic rings. The molecular weight excluding hydrogens is 484 g/mol. The van der Waals surface area contributed by atoms with E-state index in [2.05, 4.69) is 45.7 Å². The summed E-state index contributed by atoms with van der Waals surface area (Å²) in [5.74, 6) is 4.54. The zero-order chi connectivity index (χ0) is 28.6. The summed E-state index contributed by atoms with van der Waals surface area (Å²) < 4.78 is 0. The van der Waals surface area contributed by atoms with Gasteiger partial charge in [-0.05, 0) is 104 Å². The Morgan fingerprint density at radius 1 is 1.03 bits per heavy atom. The van der Waals surface area contributed by atoms with Gasteiger partial charge in [-0.3, -0.25) is 9.79 Å². The first-order chi connectivity index (χ1) is 18.3. The molecule has 0 aromatic carbocycles. The van der Waals surface area contributed by atoms with Crippen LogP contribution in [0.25, 0.3) is 0 Å². The second kappa shape index (κ2) is 11.8. The highest BCUT2D eigenvalue weighted by atomic mass is 16.3. The van der Waals surface area contributed by atoms with Crippen LogP contribution in [0.5, 0.6) is 0 Å². The van der Waals surface area contributed by atoms with Gasteiger partial charge in [-0.1, -0.05) is 65.5 Å². The Balaban J connectivity index is 1.42. The Morgan fingerprint density at radius 2 is 1.77 bits per heavy atom. The molecule has 4 aliphatic carbocycles. The van der Waals surface area contributed by atoms with E-state index in [-0.39, 0.29) is 17.2 Å². The summed E-state index contributed by atoms with van der Waals surface area (Å²) in [4.78, 5) is 17.3. The first-order valence-corrected chi connectivity index (χ1v) is 16.1. The van der Waals surface area contributed by atoms with Gasteiger partial charge < -0.3 is 22.3 Å². The molecule has 39 heavy (non-hydrogen) atoms. The van der Waals surface area contributed by atoms with Crippen LogP contribution in [-0.2, 0) is 4.79 Å². The molecule has 222 valence electrons. The van der Waals surface area contributed by atoms with Crippen LogP contribution in [0.3, 0.4) is 0 Å². The zero-order valence-electron chi connectivity index (χ0n) is 25.6. The van der Waals surface area contributed by atoms with Crippen molar-refractivity contribution in [1.29, 1.82) is 0 Å². The maximum Gasteiger partial charge on any atom is 0.185 e. The summed E-state index contributed by atoms with van der Waals surface area (Å²) in [7, 11) is 0. The van der Waals surface area contributed by atoms with Gasteiger partial charge in [0, 0.05) is 13.0 Å². The Morgan fingerprint density at radius 3 is 2.46 bits per heavy atom. The SMILES string of the molecule is CC(C)CCC[C@@H](C)[C@H]1CC[C@H]2[C@@H]3CC=C4CC(O)(C(=O)[C@@H](N)CCCN=C(N)N)CC[C@]4(C)[C@H]3CC[C@]12C. The molecule has 9 atom stereocenters. The molecular formula is C33H58N4O2. The van der Waals surface area contributed by atoms with Gasteiger partial charge >= 0.3 is 0 Å². The van der Waals surface area contributed by atoms with Crippen molar-refractivity contribution in [2.45, 2.75) is 130 Å². The molecule has 4 rings (SSSR count). The predicted octanol–water partition coefficient (Wildman–Crippen LogP) is 5.71. The monoisotopic (exact) mass is 542 g/mol. The number of rotatable bonds is 11. The average Bonchev–Trinajstić information content (AvgIpc) is 3.23. The second-order valence-corrected chi connectivity index (χ2v) is 14.9. The third kappa shape index (κ3) is 5.98. The Bertz CT molecular complexity index is 942. The fourth-order valence-electron chi connectivity index (χ4n) is 9.88. The standard InChI is InChI=1S/C33H58N4O2/c1-21(2)8-6-9-22(3)25-13-14-26-24-12-11-23-20-33(39,29(38)28(34)10-7-19-37-30(35)36)18-17-31(23,4)27(24)15-16-32(25,26)5/h11,21-22,24-28,39H,6-10,12-20,34H2,1-5H3,(H4,35,36,37)/t22-,24+,25-,26+,27+,28+,31+,32-,33?/m1/s1. The summed E-state index contributed by atoms with van der Waals surface area (Å²) in [5.41, 5.74) is 17.6. The molecule has 6 heteroatoms. The number of hydrogen-bond acceptors (Lipinski definition) is 4. The van der Waals surface area contributed by atoms with Crippen molar-refractivity contribution < 1.29 is 9.90 Å². The number of aliphatic hydroxyl groups is 1. The molecule has 0 heterocycles. The second-order valence-electron chi connectivity index (χ2n) is 14.9. The van der Waals surface area contributed by atoms with Crippen molar-refractivity contribution >= 4 is 11.7 Å². The first-order valence-electron chi connectivity index (χ1n) is 16.1. The first kappa shape index (κ1) is 30.6. The van der Waals surface area contributed by atoms with Gasteiger partial charge in [0.1, 0.15) is 5.60 Å². The fraction of sp³-hybridized carbons (Fsp3) is 0.879. The van der Waals surface area contributed by atoms with Crippen molar-refractivity contribution in [3.05, 3.63) is 11.6 Å². The van der Waals surface area contributed by atoms with Crippen LogP contribution in [0.1, 0.15) is 118 Å². The van der Waals surface area contributed by atoms with Gasteiger partial charge in [0.25, 0.3) is 0 Å². The highest BCUT2D eigenvalue weighted by molar-refractivity contribution is 5.92. The molecule has 0 saturated heterocycles. The lowest BCUT2D eigenvalue weighted by Gasteiger charge is -2.59. The normalized spacial score (nSPS) is 39.2. The van der Waals surface area contributed by atoms with Crippen LogP contribution in [0.2, 0.25) is 0 Å². The van der Waals surface area contributed by atoms with Gasteiger partial charge in [-0.25, -0.2) is 0 Å². The highest BCUT2D eigenvalue weighted by Crippen LogP contribution is 2.67. The largest absolute Gasteiger partial charge is 0.382 e. The summed E-state index contributed by atoms with van der Waals surface area (Å²) in [6.07, 6.45) is 16.0. The molecule has 4 aliphatic rings. The van der Waals surface area contributed by atoms with E-state index in [4.69, 9.17) is 17.2 Å². The van der Waals surface area contributed by atoms with E-state index < -0.39 is 11.6 Å².